The number of nitrogens with one attached hydrogen (secondary N) is 1. The van der Waals surface area contributed by atoms with E-state index in [0.717, 1.165) is 12.2 Å². The molecule has 5 nitrogen and oxygen atoms in total. The van der Waals surface area contributed by atoms with Crippen LogP contribution in [-0.4, -0.2) is 22.8 Å². The summed E-state index contributed by atoms with van der Waals surface area (Å²) in [6, 6.07) is 15.2. The predicted molar refractivity (Wildman–Crippen MR) is 81.7 cm³/mol. The van der Waals surface area contributed by atoms with Gasteiger partial charge in [0.1, 0.15) is 0 Å². The van der Waals surface area contributed by atoms with Gasteiger partial charge in [-0.2, -0.15) is 0 Å². The summed E-state index contributed by atoms with van der Waals surface area (Å²) in [6.45, 7) is 0. The van der Waals surface area contributed by atoms with Gasteiger partial charge < -0.3 is 10.4 Å². The molecule has 5 heteroatoms. The zero-order valence-corrected chi connectivity index (χ0v) is 11.5. The minimum atomic E-state index is -1.22. The Kier molecular flexibility index (Phi) is 4.82. The van der Waals surface area contributed by atoms with E-state index in [9.17, 15) is 14.4 Å². The summed E-state index contributed by atoms with van der Waals surface area (Å²) in [7, 11) is 0. The molecular formula is C17H13NO4. The van der Waals surface area contributed by atoms with Crippen molar-refractivity contribution in [3.05, 3.63) is 77.9 Å². The van der Waals surface area contributed by atoms with E-state index in [-0.39, 0.29) is 5.78 Å². The number of ketones is 1. The lowest BCUT2D eigenvalue weighted by molar-refractivity contribution is -0.131. The molecule has 0 fully saturated rings. The molecule has 2 N–H and O–H groups in total. The maximum atomic E-state index is 12.5. The van der Waals surface area contributed by atoms with Crippen LogP contribution in [0.15, 0.2) is 66.7 Å². The average molecular weight is 295 g/mol. The van der Waals surface area contributed by atoms with Crippen LogP contribution in [0, 0.1) is 0 Å². The van der Waals surface area contributed by atoms with Crippen LogP contribution in [0.5, 0.6) is 0 Å². The number of amides is 1. The second-order valence-electron chi connectivity index (χ2n) is 4.40. The van der Waals surface area contributed by atoms with Crippen molar-refractivity contribution < 1.29 is 19.5 Å². The first-order valence-corrected chi connectivity index (χ1v) is 6.48. The van der Waals surface area contributed by atoms with E-state index >= 15 is 0 Å². The number of carbonyl (C=O) groups is 3. The number of anilines is 1. The molecule has 0 spiro atoms. The molecule has 2 rings (SSSR count). The summed E-state index contributed by atoms with van der Waals surface area (Å²) in [5, 5.41) is 11.0. The largest absolute Gasteiger partial charge is 0.478 e. The summed E-state index contributed by atoms with van der Waals surface area (Å²) in [5.74, 6) is -2.06. The Labute approximate surface area is 126 Å². The van der Waals surface area contributed by atoms with E-state index in [1.165, 1.54) is 0 Å². The number of aliphatic carboxylic acids is 1. The lowest BCUT2D eigenvalue weighted by atomic mass is 10.0. The van der Waals surface area contributed by atoms with Gasteiger partial charge in [-0.15, -0.1) is 0 Å². The fraction of sp³-hybridized carbons (Fsp3) is 0. The van der Waals surface area contributed by atoms with Crippen molar-refractivity contribution in [2.45, 2.75) is 0 Å². The Morgan fingerprint density at radius 1 is 0.864 bits per heavy atom. The monoisotopic (exact) mass is 295 g/mol. The van der Waals surface area contributed by atoms with Gasteiger partial charge >= 0.3 is 5.97 Å². The van der Waals surface area contributed by atoms with Gasteiger partial charge in [0, 0.05) is 23.3 Å². The van der Waals surface area contributed by atoms with Crippen LogP contribution in [-0.2, 0) is 9.59 Å². The van der Waals surface area contributed by atoms with Gasteiger partial charge in [0.15, 0.2) is 5.78 Å². The maximum Gasteiger partial charge on any atom is 0.328 e. The van der Waals surface area contributed by atoms with Crippen molar-refractivity contribution >= 4 is 23.3 Å². The number of hydrogen-bond donors (Lipinski definition) is 2. The standard InChI is InChI=1S/C17H13NO4/c19-15(10-11-16(20)21)18-14-9-5-4-8-13(14)17(22)12-6-2-1-3-7-12/h1-11H,(H,18,19)(H,20,21)/b11-10+. The molecule has 0 bridgehead atoms. The minimum absolute atomic E-state index is 0.223. The van der Waals surface area contributed by atoms with E-state index in [1.807, 2.05) is 0 Å². The molecule has 0 saturated heterocycles. The molecule has 2 aromatic carbocycles. The number of carboxylic acid groups (broad SMARTS) is 1. The van der Waals surface area contributed by atoms with E-state index in [2.05, 4.69) is 5.32 Å². The average Bonchev–Trinajstić information content (AvgIpc) is 2.53. The van der Waals surface area contributed by atoms with Crippen LogP contribution in [0.1, 0.15) is 15.9 Å². The highest BCUT2D eigenvalue weighted by Gasteiger charge is 2.13. The maximum absolute atomic E-state index is 12.5. The SMILES string of the molecule is O=C(O)/C=C/C(=O)Nc1ccccc1C(=O)c1ccccc1. The number of carbonyl (C=O) groups excluding carboxylic acids is 2. The fourth-order valence-corrected chi connectivity index (χ4v) is 1.86. The zero-order valence-electron chi connectivity index (χ0n) is 11.5. The third kappa shape index (κ3) is 3.89. The van der Waals surface area contributed by atoms with Crippen LogP contribution >= 0.6 is 0 Å². The van der Waals surface area contributed by atoms with Gasteiger partial charge in [0.2, 0.25) is 5.91 Å². The van der Waals surface area contributed by atoms with Crippen molar-refractivity contribution in [2.24, 2.45) is 0 Å². The highest BCUT2D eigenvalue weighted by atomic mass is 16.4. The second-order valence-corrected chi connectivity index (χ2v) is 4.40. The Balaban J connectivity index is 2.26. The smallest absolute Gasteiger partial charge is 0.328 e. The van der Waals surface area contributed by atoms with Gasteiger partial charge in [-0.05, 0) is 12.1 Å². The Morgan fingerprint density at radius 2 is 1.50 bits per heavy atom. The third-order valence-electron chi connectivity index (χ3n) is 2.84. The summed E-state index contributed by atoms with van der Waals surface area (Å²) in [6.07, 6.45) is 1.63. The lowest BCUT2D eigenvalue weighted by Gasteiger charge is -2.09. The highest BCUT2D eigenvalue weighted by molar-refractivity contribution is 6.14. The number of hydrogen-bond acceptors (Lipinski definition) is 3. The first-order chi connectivity index (χ1) is 10.6. The van der Waals surface area contributed by atoms with Crippen LogP contribution in [0.3, 0.4) is 0 Å². The van der Waals surface area contributed by atoms with Crippen molar-refractivity contribution in [1.82, 2.24) is 0 Å². The van der Waals surface area contributed by atoms with Gasteiger partial charge in [-0.1, -0.05) is 42.5 Å². The van der Waals surface area contributed by atoms with Crippen LogP contribution in [0.4, 0.5) is 5.69 Å². The van der Waals surface area contributed by atoms with Gasteiger partial charge in [0.25, 0.3) is 0 Å². The quantitative estimate of drug-likeness (QED) is 0.655. The Morgan fingerprint density at radius 3 is 2.18 bits per heavy atom. The van der Waals surface area contributed by atoms with Crippen LogP contribution in [0.25, 0.3) is 0 Å². The first-order valence-electron chi connectivity index (χ1n) is 6.48. The van der Waals surface area contributed by atoms with Crippen molar-refractivity contribution in [3.8, 4) is 0 Å². The molecule has 0 atom stereocenters. The number of benzene rings is 2. The van der Waals surface area contributed by atoms with Gasteiger partial charge in [-0.25, -0.2) is 4.79 Å². The molecule has 2 aromatic rings. The van der Waals surface area contributed by atoms with Crippen molar-refractivity contribution in [3.63, 3.8) is 0 Å². The molecule has 0 aromatic heterocycles. The summed E-state index contributed by atoms with van der Waals surface area (Å²) < 4.78 is 0. The number of para-hydroxylation sites is 1. The highest BCUT2D eigenvalue weighted by Crippen LogP contribution is 2.19. The summed E-state index contributed by atoms with van der Waals surface area (Å²) in [4.78, 5) is 34.5. The van der Waals surface area contributed by atoms with Gasteiger partial charge in [0.05, 0.1) is 5.69 Å². The predicted octanol–water partition coefficient (Wildman–Crippen LogP) is 2.50. The molecule has 1 amide bonds. The second kappa shape index (κ2) is 6.99. The van der Waals surface area contributed by atoms with E-state index < -0.39 is 11.9 Å². The normalized spacial score (nSPS) is 10.4. The molecule has 0 aliphatic heterocycles. The topological polar surface area (TPSA) is 83.5 Å². The molecule has 110 valence electrons. The van der Waals surface area contributed by atoms with Crippen LogP contribution in [0.2, 0.25) is 0 Å². The lowest BCUT2D eigenvalue weighted by Crippen LogP contribution is -2.13. The van der Waals surface area contributed by atoms with Crippen LogP contribution < -0.4 is 5.32 Å². The molecule has 0 saturated carbocycles. The molecule has 0 heterocycles. The van der Waals surface area contributed by atoms with Crippen molar-refractivity contribution in [2.75, 3.05) is 5.32 Å². The Hall–Kier alpha value is -3.21. The first kappa shape index (κ1) is 15.2. The van der Waals surface area contributed by atoms with E-state index in [4.69, 9.17) is 5.11 Å². The number of rotatable bonds is 5. The van der Waals surface area contributed by atoms with E-state index in [1.54, 1.807) is 54.6 Å². The number of carboxylic acids is 1. The third-order valence-corrected chi connectivity index (χ3v) is 2.84. The molecule has 0 aliphatic carbocycles. The summed E-state index contributed by atoms with van der Waals surface area (Å²) in [5.41, 5.74) is 1.17. The molecule has 0 radical (unpaired) electrons. The zero-order chi connectivity index (χ0) is 15.9. The minimum Gasteiger partial charge on any atom is -0.478 e. The summed E-state index contributed by atoms with van der Waals surface area (Å²) >= 11 is 0. The Bertz CT molecular complexity index is 735. The van der Waals surface area contributed by atoms with Gasteiger partial charge in [-0.3, -0.25) is 9.59 Å². The molecule has 22 heavy (non-hydrogen) atoms. The van der Waals surface area contributed by atoms with E-state index in [0.29, 0.717) is 16.8 Å². The molecule has 0 aliphatic rings. The fourth-order valence-electron chi connectivity index (χ4n) is 1.86. The molecule has 0 unspecified atom stereocenters. The van der Waals surface area contributed by atoms with Crippen molar-refractivity contribution in [1.29, 1.82) is 0 Å². The molecular weight excluding hydrogens is 282 g/mol.